The van der Waals surface area contributed by atoms with Crippen molar-refractivity contribution in [2.45, 2.75) is 39.2 Å². The summed E-state index contributed by atoms with van der Waals surface area (Å²) in [6, 6.07) is 22.1. The zero-order valence-electron chi connectivity index (χ0n) is 19.7. The molecule has 0 saturated heterocycles. The van der Waals surface area contributed by atoms with Crippen molar-refractivity contribution in [3.05, 3.63) is 94.0 Å². The van der Waals surface area contributed by atoms with Gasteiger partial charge < -0.3 is 15.0 Å². The minimum Gasteiger partial charge on any atom is -0.492 e. The third-order valence-corrected chi connectivity index (χ3v) is 6.08. The fourth-order valence-corrected chi connectivity index (χ4v) is 4.07. The van der Waals surface area contributed by atoms with Gasteiger partial charge in [-0.2, -0.15) is 0 Å². The first-order valence-corrected chi connectivity index (χ1v) is 12.4. The van der Waals surface area contributed by atoms with Crippen molar-refractivity contribution in [2.24, 2.45) is 0 Å². The first-order valence-electron chi connectivity index (χ1n) is 11.6. The summed E-state index contributed by atoms with van der Waals surface area (Å²) in [5.41, 5.74) is 2.44. The fraction of sp³-hybridized carbons (Fsp3) is 0.286. The molecule has 3 rings (SSSR count). The van der Waals surface area contributed by atoms with Gasteiger partial charge in [0.05, 0.1) is 22.3 Å². The highest BCUT2D eigenvalue weighted by molar-refractivity contribution is 9.10. The Labute approximate surface area is 210 Å². The smallest absolute Gasteiger partial charge is 0.256 e. The first-order chi connectivity index (χ1) is 16.5. The van der Waals surface area contributed by atoms with Crippen LogP contribution in [0.2, 0.25) is 0 Å². The summed E-state index contributed by atoms with van der Waals surface area (Å²) in [6.07, 6.45) is 4.54. The Bertz CT molecular complexity index is 1100. The van der Waals surface area contributed by atoms with Gasteiger partial charge in [0.2, 0.25) is 0 Å². The van der Waals surface area contributed by atoms with E-state index in [1.54, 1.807) is 54.4 Å². The topological polar surface area (TPSA) is 58.6 Å². The number of carbonyl (C=O) groups excluding carboxylic acids is 2. The standard InChI is InChI=1S/C28H31BrN2O3/c1-3-4-5-11-18-34-26-17-16-22(19-24(26)29)27(32)30-25-15-10-9-14-23(25)28(33)31(2)20-21-12-7-6-8-13-21/h6-10,12-17,19H,3-5,11,18,20H2,1-2H3,(H,30,32). The summed E-state index contributed by atoms with van der Waals surface area (Å²) in [7, 11) is 1.76. The first kappa shape index (κ1) is 25.5. The lowest BCUT2D eigenvalue weighted by molar-refractivity contribution is 0.0786. The number of benzene rings is 3. The average Bonchev–Trinajstić information content (AvgIpc) is 2.85. The van der Waals surface area contributed by atoms with Crippen LogP contribution in [0.1, 0.15) is 58.9 Å². The van der Waals surface area contributed by atoms with Crippen LogP contribution < -0.4 is 10.1 Å². The minimum absolute atomic E-state index is 0.159. The van der Waals surface area contributed by atoms with Crippen LogP contribution in [0, 0.1) is 0 Å². The van der Waals surface area contributed by atoms with Gasteiger partial charge in [-0.25, -0.2) is 0 Å². The van der Waals surface area contributed by atoms with Crippen LogP contribution in [0.4, 0.5) is 5.69 Å². The number of anilines is 1. The highest BCUT2D eigenvalue weighted by Gasteiger charge is 2.18. The van der Waals surface area contributed by atoms with Crippen LogP contribution in [0.25, 0.3) is 0 Å². The molecule has 0 atom stereocenters. The fourth-order valence-electron chi connectivity index (χ4n) is 3.58. The number of hydrogen-bond acceptors (Lipinski definition) is 3. The number of rotatable bonds is 11. The predicted octanol–water partition coefficient (Wildman–Crippen LogP) is 6.93. The molecule has 3 aromatic rings. The third-order valence-electron chi connectivity index (χ3n) is 5.46. The van der Waals surface area contributed by atoms with Crippen molar-refractivity contribution in [3.63, 3.8) is 0 Å². The van der Waals surface area contributed by atoms with E-state index in [1.807, 2.05) is 30.3 Å². The second kappa shape index (κ2) is 12.9. The molecule has 0 radical (unpaired) electrons. The number of hydrogen-bond donors (Lipinski definition) is 1. The van der Waals surface area contributed by atoms with Gasteiger partial charge in [0.1, 0.15) is 5.75 Å². The van der Waals surface area contributed by atoms with Crippen LogP contribution in [-0.2, 0) is 6.54 Å². The number of ether oxygens (including phenoxy) is 1. The molecule has 0 aliphatic rings. The zero-order chi connectivity index (χ0) is 24.3. The average molecular weight is 523 g/mol. The molecule has 2 amide bonds. The molecular weight excluding hydrogens is 492 g/mol. The molecule has 0 heterocycles. The summed E-state index contributed by atoms with van der Waals surface area (Å²) < 4.78 is 6.56. The highest BCUT2D eigenvalue weighted by atomic mass is 79.9. The maximum Gasteiger partial charge on any atom is 0.256 e. The van der Waals surface area contributed by atoms with Crippen molar-refractivity contribution in [2.75, 3.05) is 19.0 Å². The molecule has 1 N–H and O–H groups in total. The monoisotopic (exact) mass is 522 g/mol. The van der Waals surface area contributed by atoms with Gasteiger partial charge in [0.25, 0.3) is 11.8 Å². The maximum atomic E-state index is 13.1. The third kappa shape index (κ3) is 7.19. The van der Waals surface area contributed by atoms with Crippen molar-refractivity contribution in [3.8, 4) is 5.75 Å². The zero-order valence-corrected chi connectivity index (χ0v) is 21.3. The largest absolute Gasteiger partial charge is 0.492 e. The van der Waals surface area contributed by atoms with E-state index < -0.39 is 0 Å². The lowest BCUT2D eigenvalue weighted by Gasteiger charge is -2.19. The van der Waals surface area contributed by atoms with Crippen molar-refractivity contribution in [1.82, 2.24) is 4.90 Å². The van der Waals surface area contributed by atoms with Gasteiger partial charge in [0, 0.05) is 19.2 Å². The number of amides is 2. The summed E-state index contributed by atoms with van der Waals surface area (Å²) in [6.45, 7) is 3.31. The molecule has 0 unspecified atom stereocenters. The van der Waals surface area contributed by atoms with E-state index in [0.717, 1.165) is 22.9 Å². The lowest BCUT2D eigenvalue weighted by atomic mass is 10.1. The Kier molecular flexibility index (Phi) is 9.71. The van der Waals surface area contributed by atoms with E-state index in [4.69, 9.17) is 4.74 Å². The van der Waals surface area contributed by atoms with E-state index in [0.29, 0.717) is 35.7 Å². The molecule has 0 fully saturated rings. The van der Waals surface area contributed by atoms with Gasteiger partial charge >= 0.3 is 0 Å². The summed E-state index contributed by atoms with van der Waals surface area (Å²) >= 11 is 3.51. The molecule has 6 heteroatoms. The molecule has 0 aromatic heterocycles. The van der Waals surface area contributed by atoms with E-state index in [2.05, 4.69) is 28.2 Å². The van der Waals surface area contributed by atoms with E-state index in [9.17, 15) is 9.59 Å². The van der Waals surface area contributed by atoms with Crippen molar-refractivity contribution >= 4 is 33.4 Å². The predicted molar refractivity (Wildman–Crippen MR) is 140 cm³/mol. The highest BCUT2D eigenvalue weighted by Crippen LogP contribution is 2.27. The molecule has 0 aliphatic heterocycles. The van der Waals surface area contributed by atoms with E-state index in [-0.39, 0.29) is 11.8 Å². The van der Waals surface area contributed by atoms with Gasteiger partial charge in [0.15, 0.2) is 0 Å². The molecule has 0 aliphatic carbocycles. The van der Waals surface area contributed by atoms with Gasteiger partial charge in [-0.3, -0.25) is 9.59 Å². The van der Waals surface area contributed by atoms with E-state index >= 15 is 0 Å². The molecule has 178 valence electrons. The second-order valence-corrected chi connectivity index (χ2v) is 9.06. The molecule has 34 heavy (non-hydrogen) atoms. The molecule has 0 saturated carbocycles. The Hall–Kier alpha value is -3.12. The summed E-state index contributed by atoms with van der Waals surface area (Å²) in [5.74, 6) is 0.264. The van der Waals surface area contributed by atoms with Gasteiger partial charge in [-0.1, -0.05) is 68.7 Å². The van der Waals surface area contributed by atoms with Gasteiger partial charge in [-0.05, 0) is 58.2 Å². The SMILES string of the molecule is CCCCCCOc1ccc(C(=O)Nc2ccccc2C(=O)N(C)Cc2ccccc2)cc1Br. The van der Waals surface area contributed by atoms with E-state index in [1.165, 1.54) is 12.8 Å². The number of unbranched alkanes of at least 4 members (excludes halogenated alkanes) is 3. The van der Waals surface area contributed by atoms with Crippen molar-refractivity contribution in [1.29, 1.82) is 0 Å². The number of nitrogens with one attached hydrogen (secondary N) is 1. The molecule has 3 aromatic carbocycles. The number of carbonyl (C=O) groups is 2. The number of nitrogens with zero attached hydrogens (tertiary/aromatic N) is 1. The normalized spacial score (nSPS) is 10.6. The summed E-state index contributed by atoms with van der Waals surface area (Å²) in [4.78, 5) is 27.7. The summed E-state index contributed by atoms with van der Waals surface area (Å²) in [5, 5.41) is 2.89. The Morgan fingerprint density at radius 3 is 2.41 bits per heavy atom. The number of para-hydroxylation sites is 1. The van der Waals surface area contributed by atoms with Crippen LogP contribution in [0.3, 0.4) is 0 Å². The number of halogens is 1. The minimum atomic E-state index is -0.291. The Morgan fingerprint density at radius 1 is 0.941 bits per heavy atom. The molecule has 5 nitrogen and oxygen atoms in total. The molecule has 0 bridgehead atoms. The molecule has 0 spiro atoms. The molecular formula is C28H31BrN2O3. The van der Waals surface area contributed by atoms with Crippen LogP contribution in [0.15, 0.2) is 77.3 Å². The van der Waals surface area contributed by atoms with Crippen molar-refractivity contribution < 1.29 is 14.3 Å². The Morgan fingerprint density at radius 2 is 1.68 bits per heavy atom. The maximum absolute atomic E-state index is 13.1. The Balaban J connectivity index is 1.66. The second-order valence-electron chi connectivity index (χ2n) is 8.20. The quantitative estimate of drug-likeness (QED) is 0.277. The van der Waals surface area contributed by atoms with Crippen LogP contribution in [0.5, 0.6) is 5.75 Å². The van der Waals surface area contributed by atoms with Crippen LogP contribution in [-0.4, -0.2) is 30.4 Å². The van der Waals surface area contributed by atoms with Crippen LogP contribution >= 0.6 is 15.9 Å². The van der Waals surface area contributed by atoms with Gasteiger partial charge in [-0.15, -0.1) is 0 Å². The lowest BCUT2D eigenvalue weighted by Crippen LogP contribution is -2.27.